The molecular formula is C18H24N2OS. The Bertz CT molecular complexity index is 626. The van der Waals surface area contributed by atoms with Crippen LogP contribution in [0.2, 0.25) is 0 Å². The lowest BCUT2D eigenvalue weighted by Crippen LogP contribution is -2.42. The van der Waals surface area contributed by atoms with Gasteiger partial charge in [0.1, 0.15) is 0 Å². The first-order valence-electron chi connectivity index (χ1n) is 8.38. The summed E-state index contributed by atoms with van der Waals surface area (Å²) in [6.07, 6.45) is 9.83. The van der Waals surface area contributed by atoms with E-state index in [1.54, 1.807) is 0 Å². The molecule has 1 N–H and O–H groups in total. The molecule has 0 radical (unpaired) electrons. The van der Waals surface area contributed by atoms with Crippen molar-refractivity contribution in [2.24, 2.45) is 11.3 Å². The summed E-state index contributed by atoms with van der Waals surface area (Å²) < 4.78 is 2.27. The monoisotopic (exact) mass is 316 g/mol. The van der Waals surface area contributed by atoms with E-state index in [2.05, 4.69) is 34.8 Å². The van der Waals surface area contributed by atoms with E-state index in [1.807, 2.05) is 23.9 Å². The minimum absolute atomic E-state index is 0.187. The Morgan fingerprint density at radius 3 is 2.86 bits per heavy atom. The van der Waals surface area contributed by atoms with E-state index in [9.17, 15) is 5.11 Å². The molecule has 0 spiro atoms. The SMILES string of the molecule is CC(C)(C1c2sccc2-c2cncn21)[C@@H](O)C1CCCCC1. The van der Waals surface area contributed by atoms with Crippen LogP contribution in [0.1, 0.15) is 56.9 Å². The zero-order chi connectivity index (χ0) is 15.3. The maximum Gasteiger partial charge on any atom is 0.0957 e. The summed E-state index contributed by atoms with van der Waals surface area (Å²) in [5, 5.41) is 13.3. The highest BCUT2D eigenvalue weighted by molar-refractivity contribution is 7.10. The Balaban J connectivity index is 1.71. The van der Waals surface area contributed by atoms with Crippen LogP contribution in [0, 0.1) is 11.3 Å². The molecule has 118 valence electrons. The van der Waals surface area contributed by atoms with Crippen molar-refractivity contribution in [2.45, 2.75) is 58.1 Å². The van der Waals surface area contributed by atoms with Gasteiger partial charge in [-0.15, -0.1) is 11.3 Å². The third-order valence-electron chi connectivity index (χ3n) is 5.73. The Morgan fingerprint density at radius 1 is 1.32 bits per heavy atom. The van der Waals surface area contributed by atoms with Gasteiger partial charge in [0.2, 0.25) is 0 Å². The highest BCUT2D eigenvalue weighted by atomic mass is 32.1. The fraction of sp³-hybridized carbons (Fsp3) is 0.611. The maximum absolute atomic E-state index is 11.2. The average Bonchev–Trinajstić information content (AvgIpc) is 3.19. The molecule has 3 heterocycles. The van der Waals surface area contributed by atoms with Crippen molar-refractivity contribution in [3.05, 3.63) is 28.8 Å². The summed E-state index contributed by atoms with van der Waals surface area (Å²) in [5.74, 6) is 0.444. The van der Waals surface area contributed by atoms with Crippen LogP contribution < -0.4 is 0 Å². The van der Waals surface area contributed by atoms with Crippen molar-refractivity contribution in [2.75, 3.05) is 0 Å². The topological polar surface area (TPSA) is 38.0 Å². The van der Waals surface area contributed by atoms with E-state index in [-0.39, 0.29) is 17.6 Å². The normalized spacial score (nSPS) is 23.3. The molecule has 1 aliphatic carbocycles. The molecule has 22 heavy (non-hydrogen) atoms. The molecule has 3 nitrogen and oxygen atoms in total. The van der Waals surface area contributed by atoms with Crippen LogP contribution in [0.4, 0.5) is 0 Å². The second-order valence-corrected chi connectivity index (χ2v) is 8.40. The van der Waals surface area contributed by atoms with Gasteiger partial charge in [0, 0.05) is 15.9 Å². The Hall–Kier alpha value is -1.13. The summed E-state index contributed by atoms with van der Waals surface area (Å²) in [6, 6.07) is 2.40. The van der Waals surface area contributed by atoms with Crippen molar-refractivity contribution >= 4 is 11.3 Å². The van der Waals surface area contributed by atoms with Gasteiger partial charge in [-0.05, 0) is 30.2 Å². The summed E-state index contributed by atoms with van der Waals surface area (Å²) in [4.78, 5) is 5.73. The Labute approximate surface area is 136 Å². The Kier molecular flexibility index (Phi) is 3.42. The van der Waals surface area contributed by atoms with Crippen LogP contribution in [0.3, 0.4) is 0 Å². The standard InChI is InChI=1S/C18H24N2OS/c1-18(2,17(21)12-6-4-3-5-7-12)16-15-13(8-9-22-15)14-10-19-11-20(14)16/h8-12,16-17,21H,3-7H2,1-2H3/t16?,17-/m0/s1. The van der Waals surface area contributed by atoms with Crippen LogP contribution in [0.25, 0.3) is 11.3 Å². The summed E-state index contributed by atoms with van der Waals surface area (Å²) in [6.45, 7) is 4.46. The molecule has 1 unspecified atom stereocenters. The van der Waals surface area contributed by atoms with E-state index in [4.69, 9.17) is 0 Å². The van der Waals surface area contributed by atoms with Gasteiger partial charge in [-0.25, -0.2) is 4.98 Å². The molecule has 0 amide bonds. The number of nitrogens with zero attached hydrogens (tertiary/aromatic N) is 2. The number of aliphatic hydroxyl groups is 1. The van der Waals surface area contributed by atoms with E-state index in [0.717, 1.165) is 0 Å². The second-order valence-electron chi connectivity index (χ2n) is 7.45. The maximum atomic E-state index is 11.2. The molecule has 2 aromatic heterocycles. The first-order chi connectivity index (χ1) is 10.6. The van der Waals surface area contributed by atoms with Crippen LogP contribution in [-0.2, 0) is 0 Å². The lowest BCUT2D eigenvalue weighted by atomic mass is 9.70. The van der Waals surface area contributed by atoms with Crippen LogP contribution in [0.5, 0.6) is 0 Å². The van der Waals surface area contributed by atoms with Crippen LogP contribution in [0.15, 0.2) is 24.0 Å². The number of aromatic nitrogens is 2. The van der Waals surface area contributed by atoms with Crippen molar-refractivity contribution < 1.29 is 5.11 Å². The number of rotatable bonds is 3. The lowest BCUT2D eigenvalue weighted by Gasteiger charge is -2.42. The summed E-state index contributed by atoms with van der Waals surface area (Å²) >= 11 is 1.81. The number of aliphatic hydroxyl groups excluding tert-OH is 1. The number of thiophene rings is 1. The van der Waals surface area contributed by atoms with Gasteiger partial charge < -0.3 is 9.67 Å². The molecule has 2 aromatic rings. The van der Waals surface area contributed by atoms with Gasteiger partial charge in [0.25, 0.3) is 0 Å². The van der Waals surface area contributed by atoms with Gasteiger partial charge in [0.15, 0.2) is 0 Å². The third kappa shape index (κ3) is 2.00. The molecule has 1 aliphatic heterocycles. The predicted octanol–water partition coefficient (Wildman–Crippen LogP) is 4.48. The second kappa shape index (κ2) is 5.20. The smallest absolute Gasteiger partial charge is 0.0957 e. The molecule has 0 aromatic carbocycles. The largest absolute Gasteiger partial charge is 0.392 e. The number of hydrogen-bond donors (Lipinski definition) is 1. The van der Waals surface area contributed by atoms with Gasteiger partial charge in [-0.3, -0.25) is 0 Å². The summed E-state index contributed by atoms with van der Waals surface area (Å²) in [7, 11) is 0. The van der Waals surface area contributed by atoms with Crippen molar-refractivity contribution in [1.82, 2.24) is 9.55 Å². The minimum Gasteiger partial charge on any atom is -0.392 e. The fourth-order valence-electron chi connectivity index (χ4n) is 4.51. The van der Waals surface area contributed by atoms with Gasteiger partial charge in [-0.2, -0.15) is 0 Å². The molecule has 0 bridgehead atoms. The first-order valence-corrected chi connectivity index (χ1v) is 9.26. The van der Waals surface area contributed by atoms with Gasteiger partial charge in [-0.1, -0.05) is 33.1 Å². The molecule has 4 heteroatoms. The van der Waals surface area contributed by atoms with E-state index in [1.165, 1.54) is 48.2 Å². The average molecular weight is 316 g/mol. The van der Waals surface area contributed by atoms with E-state index < -0.39 is 0 Å². The highest BCUT2D eigenvalue weighted by Crippen LogP contribution is 2.53. The van der Waals surface area contributed by atoms with E-state index in [0.29, 0.717) is 5.92 Å². The molecule has 0 saturated heterocycles. The van der Waals surface area contributed by atoms with Crippen molar-refractivity contribution in [1.29, 1.82) is 0 Å². The fourth-order valence-corrected chi connectivity index (χ4v) is 5.70. The molecule has 4 rings (SSSR count). The van der Waals surface area contributed by atoms with Crippen LogP contribution in [-0.4, -0.2) is 20.8 Å². The molecular weight excluding hydrogens is 292 g/mol. The highest BCUT2D eigenvalue weighted by Gasteiger charge is 2.46. The Morgan fingerprint density at radius 2 is 2.09 bits per heavy atom. The molecule has 1 saturated carbocycles. The van der Waals surface area contributed by atoms with Gasteiger partial charge in [0.05, 0.1) is 30.4 Å². The molecule has 1 fully saturated rings. The summed E-state index contributed by atoms with van der Waals surface area (Å²) in [5.41, 5.74) is 2.31. The molecule has 2 atom stereocenters. The number of imidazole rings is 1. The quantitative estimate of drug-likeness (QED) is 0.906. The number of fused-ring (bicyclic) bond motifs is 3. The van der Waals surface area contributed by atoms with Gasteiger partial charge >= 0.3 is 0 Å². The predicted molar refractivity (Wildman–Crippen MR) is 90.0 cm³/mol. The third-order valence-corrected chi connectivity index (χ3v) is 6.70. The zero-order valence-electron chi connectivity index (χ0n) is 13.3. The van der Waals surface area contributed by atoms with Crippen molar-refractivity contribution in [3.63, 3.8) is 0 Å². The minimum atomic E-state index is -0.263. The molecule has 2 aliphatic rings. The van der Waals surface area contributed by atoms with Crippen molar-refractivity contribution in [3.8, 4) is 11.3 Å². The van der Waals surface area contributed by atoms with E-state index >= 15 is 0 Å². The first kappa shape index (κ1) is 14.5. The zero-order valence-corrected chi connectivity index (χ0v) is 14.1. The lowest BCUT2D eigenvalue weighted by molar-refractivity contribution is -0.0299. The number of hydrogen-bond acceptors (Lipinski definition) is 3. The van der Waals surface area contributed by atoms with Crippen LogP contribution >= 0.6 is 11.3 Å².